The lowest BCUT2D eigenvalue weighted by Crippen LogP contribution is -3.00. The molecule has 8 nitrogen and oxygen atoms in total. The monoisotopic (exact) mass is 774 g/mol. The molecule has 0 spiro atoms. The number of amides is 2. The van der Waals surface area contributed by atoms with Gasteiger partial charge in [-0.3, -0.25) is 30.0 Å². The normalized spacial score (nSPS) is 10.1. The molecule has 14 heteroatoms. The number of pyridine rings is 2. The average Bonchev–Trinajstić information content (AvgIpc) is 2.91. The van der Waals surface area contributed by atoms with Crippen LogP contribution in [0, 0.1) is 0 Å². The van der Waals surface area contributed by atoms with E-state index < -0.39 is 11.8 Å². The topological polar surface area (TPSA) is 100 Å². The third-order valence-corrected chi connectivity index (χ3v) is 6.74. The van der Waals surface area contributed by atoms with Crippen LogP contribution in [0.2, 0.25) is 20.1 Å². The van der Waals surface area contributed by atoms with Crippen LogP contribution in [-0.4, -0.2) is 23.4 Å². The molecule has 4 rings (SSSR count). The van der Waals surface area contributed by atoms with Crippen LogP contribution >= 0.6 is 46.4 Å². The number of halogens is 6. The van der Waals surface area contributed by atoms with Gasteiger partial charge in [0.05, 0.1) is 10.0 Å². The Labute approximate surface area is 282 Å². The molecule has 2 heterocycles. The quantitative estimate of drug-likeness (QED) is 0.133. The van der Waals surface area contributed by atoms with Gasteiger partial charge in [0.2, 0.25) is 24.7 Å². The van der Waals surface area contributed by atoms with Gasteiger partial charge in [-0.2, -0.15) is 9.13 Å². The highest BCUT2D eigenvalue weighted by Gasteiger charge is 2.20. The van der Waals surface area contributed by atoms with Gasteiger partial charge in [0.1, 0.15) is 11.1 Å². The van der Waals surface area contributed by atoms with Gasteiger partial charge in [-0.25, -0.2) is 0 Å². The molecule has 2 amide bonds. The molecule has 0 unspecified atom stereocenters. The first kappa shape index (κ1) is 35.3. The van der Waals surface area contributed by atoms with E-state index in [1.54, 1.807) is 36.7 Å². The number of rotatable bonds is 8. The molecule has 2 aromatic heterocycles. The second-order valence-electron chi connectivity index (χ2n) is 8.53. The maximum absolute atomic E-state index is 12.7. The van der Waals surface area contributed by atoms with Crippen molar-refractivity contribution < 1.29 is 62.3 Å². The second kappa shape index (κ2) is 16.1. The maximum Gasteiger partial charge on any atom is 0.275 e. The van der Waals surface area contributed by atoms with Gasteiger partial charge in [-0.1, -0.05) is 46.4 Å². The van der Waals surface area contributed by atoms with Crippen LogP contribution in [0.4, 0.5) is 0 Å². The van der Waals surface area contributed by atoms with Crippen LogP contribution in [0.3, 0.4) is 0 Å². The van der Waals surface area contributed by atoms with Crippen molar-refractivity contribution in [2.75, 3.05) is 0 Å². The third kappa shape index (κ3) is 9.32. The third-order valence-electron chi connectivity index (χ3n) is 5.65. The van der Waals surface area contributed by atoms with Gasteiger partial charge in [0, 0.05) is 33.3 Å². The fourth-order valence-corrected chi connectivity index (χ4v) is 4.73. The number of hydrogen-bond acceptors (Lipinski definition) is 4. The zero-order valence-corrected chi connectivity index (χ0v) is 27.5. The predicted octanol–water partition coefficient (Wildman–Crippen LogP) is -1.28. The number of aromatic nitrogens is 2. The van der Waals surface area contributed by atoms with Crippen LogP contribution in [0.25, 0.3) is 0 Å². The minimum atomic E-state index is -0.601. The summed E-state index contributed by atoms with van der Waals surface area (Å²) >= 11 is 24.0. The summed E-state index contributed by atoms with van der Waals surface area (Å²) in [6.45, 7) is -0.141. The summed E-state index contributed by atoms with van der Waals surface area (Å²) in [4.78, 5) is 50.7. The molecule has 4 aromatic rings. The zero-order chi connectivity index (χ0) is 28.8. The molecule has 0 aliphatic carbocycles. The van der Waals surface area contributed by atoms with E-state index in [9.17, 15) is 19.2 Å². The van der Waals surface area contributed by atoms with Crippen LogP contribution in [0.5, 0.6) is 0 Å². The number of Topliss-reactive ketones (excluding diaryl/α,β-unsaturated/α-hetero) is 2. The van der Waals surface area contributed by atoms with Crippen LogP contribution in [0.1, 0.15) is 41.4 Å². The van der Waals surface area contributed by atoms with Crippen LogP contribution in [-0.2, 0) is 13.1 Å². The molecule has 0 saturated carbocycles. The van der Waals surface area contributed by atoms with Crippen molar-refractivity contribution in [3.63, 3.8) is 0 Å². The van der Waals surface area contributed by atoms with E-state index in [1.165, 1.54) is 57.9 Å². The van der Waals surface area contributed by atoms with Gasteiger partial charge < -0.3 is 34.0 Å². The number of ketones is 2. The second-order valence-corrected chi connectivity index (χ2v) is 10.2. The Kier molecular flexibility index (Phi) is 13.6. The number of nitrogens with one attached hydrogen (secondary N) is 2. The van der Waals surface area contributed by atoms with E-state index in [1.807, 2.05) is 0 Å². The summed E-state index contributed by atoms with van der Waals surface area (Å²) < 4.78 is 3.04. The van der Waals surface area contributed by atoms with Crippen molar-refractivity contribution >= 4 is 69.8 Å². The summed E-state index contributed by atoms with van der Waals surface area (Å²) in [5, 5.41) is 1.29. The van der Waals surface area contributed by atoms with Crippen molar-refractivity contribution in [1.29, 1.82) is 0 Å². The molecule has 42 heavy (non-hydrogen) atoms. The van der Waals surface area contributed by atoms with Gasteiger partial charge in [-0.15, -0.1) is 0 Å². The van der Waals surface area contributed by atoms with Crippen molar-refractivity contribution in [3.05, 3.63) is 128 Å². The Morgan fingerprint density at radius 3 is 1.33 bits per heavy atom. The smallest absolute Gasteiger partial charge is 0.275 e. The Bertz CT molecular complexity index is 1540. The predicted molar refractivity (Wildman–Crippen MR) is 150 cm³/mol. The van der Waals surface area contributed by atoms with E-state index in [4.69, 9.17) is 46.4 Å². The summed E-state index contributed by atoms with van der Waals surface area (Å²) in [5.74, 6) is -1.74. The van der Waals surface area contributed by atoms with Crippen LogP contribution in [0.15, 0.2) is 85.5 Å². The molecular weight excluding hydrogens is 758 g/mol. The van der Waals surface area contributed by atoms with Crippen molar-refractivity contribution in [2.24, 2.45) is 0 Å². The number of carbonyl (C=O) groups is 4. The lowest BCUT2D eigenvalue weighted by Gasteiger charge is -2.07. The first-order valence-electron chi connectivity index (χ1n) is 11.7. The molecule has 0 radical (unpaired) electrons. The van der Waals surface area contributed by atoms with E-state index >= 15 is 0 Å². The standard InChI is InChI=1S/C28H18Cl4N4O4.2BrH/c29-19-5-7-21(23(31)11-19)25(37)15-35-9-1-3-17(13-35)27(39)33-34-28(40)18-4-2-10-36(14-18)16-26(38)22-8-6-20(30)12-24(22)32;;/h1-14H,15-16H2;2*1H. The summed E-state index contributed by atoms with van der Waals surface area (Å²) in [6.07, 6.45) is 6.18. The molecule has 0 saturated heterocycles. The van der Waals surface area contributed by atoms with Crippen molar-refractivity contribution in [2.45, 2.75) is 13.1 Å². The van der Waals surface area contributed by atoms with E-state index in [-0.39, 0.29) is 79.8 Å². The first-order valence-corrected chi connectivity index (χ1v) is 13.2. The highest BCUT2D eigenvalue weighted by molar-refractivity contribution is 6.37. The Morgan fingerprint density at radius 1 is 0.595 bits per heavy atom. The SMILES string of the molecule is O=C(NNC(=O)c1ccc[n+](CC(=O)c2ccc(Cl)cc2Cl)c1)c1ccc[n+](CC(=O)c2ccc(Cl)cc2Cl)c1.[Br-].[Br-]. The van der Waals surface area contributed by atoms with Gasteiger partial charge >= 0.3 is 0 Å². The molecule has 0 fully saturated rings. The van der Waals surface area contributed by atoms with Crippen LogP contribution < -0.4 is 53.9 Å². The van der Waals surface area contributed by atoms with E-state index in [0.717, 1.165) is 0 Å². The van der Waals surface area contributed by atoms with E-state index in [0.29, 0.717) is 21.2 Å². The Hall–Kier alpha value is -2.86. The molecule has 0 bridgehead atoms. The molecule has 2 N–H and O–H groups in total. The molecule has 2 aromatic carbocycles. The summed E-state index contributed by atoms with van der Waals surface area (Å²) in [5.41, 5.74) is 5.70. The average molecular weight is 778 g/mol. The Morgan fingerprint density at radius 2 is 0.976 bits per heavy atom. The molecule has 218 valence electrons. The van der Waals surface area contributed by atoms with Crippen molar-refractivity contribution in [3.8, 4) is 0 Å². The van der Waals surface area contributed by atoms with Gasteiger partial charge in [0.25, 0.3) is 11.8 Å². The highest BCUT2D eigenvalue weighted by Crippen LogP contribution is 2.22. The first-order chi connectivity index (χ1) is 19.1. The molecular formula is C28H20Br2Cl4N4O4. The molecule has 0 aliphatic heterocycles. The minimum Gasteiger partial charge on any atom is -1.00 e. The number of hydrazine groups is 1. The summed E-state index contributed by atoms with van der Waals surface area (Å²) in [7, 11) is 0. The minimum absolute atomic E-state index is 0. The van der Waals surface area contributed by atoms with Crippen molar-refractivity contribution in [1.82, 2.24) is 10.9 Å². The lowest BCUT2D eigenvalue weighted by atomic mass is 10.1. The largest absolute Gasteiger partial charge is 1.00 e. The van der Waals surface area contributed by atoms with Gasteiger partial charge in [0.15, 0.2) is 24.8 Å². The van der Waals surface area contributed by atoms with E-state index in [2.05, 4.69) is 10.9 Å². The summed E-state index contributed by atoms with van der Waals surface area (Å²) in [6, 6.07) is 15.4. The highest BCUT2D eigenvalue weighted by atomic mass is 79.9. The fourth-order valence-electron chi connectivity index (χ4n) is 3.70. The number of carbonyl (C=O) groups excluding carboxylic acids is 4. The van der Waals surface area contributed by atoms with Gasteiger partial charge in [-0.05, 0) is 48.5 Å². The zero-order valence-electron chi connectivity index (χ0n) is 21.3. The number of benzene rings is 2. The molecule has 0 aliphatic rings. The lowest BCUT2D eigenvalue weighted by molar-refractivity contribution is -0.683. The maximum atomic E-state index is 12.7. The number of nitrogens with zero attached hydrogens (tertiary/aromatic N) is 2. The Balaban J connectivity index is 0.00000308. The fraction of sp³-hybridized carbons (Fsp3) is 0.0714. The number of hydrogen-bond donors (Lipinski definition) is 2. The molecule has 0 atom stereocenters.